The molecule has 0 spiro atoms. The SMILES string of the molecule is CCOC(F)(Br)C(Br)(C(F)(F)F)C(F)(F)F. The smallest absolute Gasteiger partial charge is 0.336 e. The van der Waals surface area contributed by atoms with Gasteiger partial charge in [0.25, 0.3) is 9.09 Å². The van der Waals surface area contributed by atoms with Crippen LogP contribution in [0.1, 0.15) is 6.92 Å². The lowest BCUT2D eigenvalue weighted by Crippen LogP contribution is -2.63. The third-order valence-electron chi connectivity index (χ3n) is 1.51. The Morgan fingerprint density at radius 2 is 1.19 bits per heavy atom. The summed E-state index contributed by atoms with van der Waals surface area (Å²) in [6.45, 7) is 0.372. The summed E-state index contributed by atoms with van der Waals surface area (Å²) in [4.78, 5) is 0. The molecule has 0 saturated heterocycles. The second-order valence-corrected chi connectivity index (χ2v) is 4.81. The van der Waals surface area contributed by atoms with Gasteiger partial charge >= 0.3 is 12.4 Å². The predicted octanol–water partition coefficient (Wildman–Crippen LogP) is 4.30. The number of hydrogen-bond donors (Lipinski definition) is 0. The summed E-state index contributed by atoms with van der Waals surface area (Å²) in [7, 11) is 0. The van der Waals surface area contributed by atoms with Crippen molar-refractivity contribution in [1.82, 2.24) is 0 Å². The van der Waals surface area contributed by atoms with E-state index in [1.54, 1.807) is 15.9 Å². The van der Waals surface area contributed by atoms with Gasteiger partial charge in [0.05, 0.1) is 0 Å². The summed E-state index contributed by atoms with van der Waals surface area (Å²) in [6.07, 6.45) is -11.9. The van der Waals surface area contributed by atoms with Crippen molar-refractivity contribution >= 4 is 31.9 Å². The van der Waals surface area contributed by atoms with Crippen LogP contribution in [0.2, 0.25) is 0 Å². The molecule has 0 amide bonds. The van der Waals surface area contributed by atoms with E-state index in [-0.39, 0.29) is 0 Å². The van der Waals surface area contributed by atoms with Gasteiger partial charge in [-0.25, -0.2) is 0 Å². The molecule has 0 rings (SSSR count). The second kappa shape index (κ2) is 4.60. The van der Waals surface area contributed by atoms with Crippen molar-refractivity contribution in [2.75, 3.05) is 6.61 Å². The molecule has 0 heterocycles. The minimum atomic E-state index is -5.93. The van der Waals surface area contributed by atoms with Gasteiger partial charge in [0, 0.05) is 6.61 Å². The Hall–Kier alpha value is 0.430. The zero-order valence-corrected chi connectivity index (χ0v) is 10.7. The standard InChI is InChI=1S/C6H5Br2F7O/c1-2-16-4(8,9)3(7,5(10,11)12)6(13,14)15/h2H2,1H3. The van der Waals surface area contributed by atoms with Crippen molar-refractivity contribution < 1.29 is 35.5 Å². The fourth-order valence-electron chi connectivity index (χ4n) is 0.771. The first kappa shape index (κ1) is 16.4. The summed E-state index contributed by atoms with van der Waals surface area (Å²) in [5.74, 6) is 0. The number of hydrogen-bond acceptors (Lipinski definition) is 1. The molecule has 1 nitrogen and oxygen atoms in total. The van der Waals surface area contributed by atoms with E-state index in [1.807, 2.05) is 0 Å². The van der Waals surface area contributed by atoms with Gasteiger partial charge in [-0.1, -0.05) is 15.9 Å². The second-order valence-electron chi connectivity index (χ2n) is 2.60. The monoisotopic (exact) mass is 384 g/mol. The summed E-state index contributed by atoms with van der Waals surface area (Å²) in [5, 5.41) is 0. The van der Waals surface area contributed by atoms with E-state index in [9.17, 15) is 30.7 Å². The van der Waals surface area contributed by atoms with Crippen molar-refractivity contribution in [2.24, 2.45) is 0 Å². The fraction of sp³-hybridized carbons (Fsp3) is 1.00. The van der Waals surface area contributed by atoms with Crippen molar-refractivity contribution in [3.8, 4) is 0 Å². The maximum atomic E-state index is 13.3. The molecule has 0 saturated carbocycles. The topological polar surface area (TPSA) is 9.23 Å². The molecule has 0 bridgehead atoms. The van der Waals surface area contributed by atoms with Crippen LogP contribution in [0.25, 0.3) is 0 Å². The molecule has 1 atom stereocenters. The van der Waals surface area contributed by atoms with Crippen LogP contribution in [-0.4, -0.2) is 28.0 Å². The molecule has 0 radical (unpaired) electrons. The van der Waals surface area contributed by atoms with Gasteiger partial charge in [-0.3, -0.25) is 0 Å². The molecule has 10 heteroatoms. The van der Waals surface area contributed by atoms with E-state index in [1.165, 1.54) is 15.9 Å². The Morgan fingerprint density at radius 3 is 1.38 bits per heavy atom. The molecule has 0 fully saturated rings. The van der Waals surface area contributed by atoms with Crippen LogP contribution in [-0.2, 0) is 4.74 Å². The van der Waals surface area contributed by atoms with Crippen molar-refractivity contribution in [1.29, 1.82) is 0 Å². The Labute approximate surface area is 103 Å². The lowest BCUT2D eigenvalue weighted by molar-refractivity contribution is -0.310. The first-order chi connectivity index (χ1) is 6.81. The summed E-state index contributed by atoms with van der Waals surface area (Å²) in [6, 6.07) is 0. The molecule has 1 unspecified atom stereocenters. The maximum absolute atomic E-state index is 13.3. The summed E-state index contributed by atoms with van der Waals surface area (Å²) < 4.78 is 82.0. The van der Waals surface area contributed by atoms with E-state index in [2.05, 4.69) is 4.74 Å². The van der Waals surface area contributed by atoms with E-state index in [0.717, 1.165) is 6.92 Å². The van der Waals surface area contributed by atoms with Crippen LogP contribution < -0.4 is 0 Å². The molecule has 0 aromatic rings. The van der Waals surface area contributed by atoms with E-state index in [4.69, 9.17) is 0 Å². The zero-order valence-electron chi connectivity index (χ0n) is 7.52. The number of ether oxygens (including phenoxy) is 1. The lowest BCUT2D eigenvalue weighted by Gasteiger charge is -2.38. The summed E-state index contributed by atoms with van der Waals surface area (Å²) >= 11 is 3.01. The maximum Gasteiger partial charge on any atom is 0.419 e. The van der Waals surface area contributed by atoms with Crippen LogP contribution in [0, 0.1) is 0 Å². The number of rotatable bonds is 3. The van der Waals surface area contributed by atoms with Crippen LogP contribution in [0.5, 0.6) is 0 Å². The molecule has 0 aliphatic carbocycles. The van der Waals surface area contributed by atoms with Gasteiger partial charge in [0.2, 0.25) is 0 Å². The number of halogens is 9. The first-order valence-electron chi connectivity index (χ1n) is 3.65. The Balaban J connectivity index is 5.61. The van der Waals surface area contributed by atoms with Crippen LogP contribution in [0.3, 0.4) is 0 Å². The van der Waals surface area contributed by atoms with Crippen LogP contribution in [0.4, 0.5) is 30.7 Å². The first-order valence-corrected chi connectivity index (χ1v) is 5.24. The molecule has 0 N–H and O–H groups in total. The van der Waals surface area contributed by atoms with E-state index < -0.39 is 28.0 Å². The molecule has 0 aromatic carbocycles. The predicted molar refractivity (Wildman–Crippen MR) is 48.2 cm³/mol. The van der Waals surface area contributed by atoms with Gasteiger partial charge in [-0.15, -0.1) is 0 Å². The van der Waals surface area contributed by atoms with Crippen molar-refractivity contribution in [3.63, 3.8) is 0 Å². The van der Waals surface area contributed by atoms with Gasteiger partial charge in [-0.05, 0) is 22.9 Å². The van der Waals surface area contributed by atoms with Gasteiger partial charge in [0.1, 0.15) is 0 Å². The molecule has 0 aliphatic rings. The Bertz CT molecular complexity index is 232. The molecule has 98 valence electrons. The Morgan fingerprint density at radius 1 is 0.875 bits per heavy atom. The van der Waals surface area contributed by atoms with E-state index >= 15 is 0 Å². The van der Waals surface area contributed by atoms with Crippen molar-refractivity contribution in [2.45, 2.75) is 28.4 Å². The van der Waals surface area contributed by atoms with Crippen LogP contribution >= 0.6 is 31.9 Å². The van der Waals surface area contributed by atoms with Crippen LogP contribution in [0.15, 0.2) is 0 Å². The molecular formula is C6H5Br2F7O. The highest BCUT2D eigenvalue weighted by Gasteiger charge is 2.80. The van der Waals surface area contributed by atoms with Gasteiger partial charge < -0.3 is 4.74 Å². The highest BCUT2D eigenvalue weighted by molar-refractivity contribution is 9.12. The quantitative estimate of drug-likeness (QED) is 0.520. The molecule has 16 heavy (non-hydrogen) atoms. The molecule has 0 aromatic heterocycles. The van der Waals surface area contributed by atoms with E-state index in [0.29, 0.717) is 0 Å². The average molecular weight is 386 g/mol. The highest BCUT2D eigenvalue weighted by atomic mass is 79.9. The number of alkyl halides is 9. The Kier molecular flexibility index (Phi) is 4.72. The lowest BCUT2D eigenvalue weighted by atomic mass is 10.1. The normalized spacial score (nSPS) is 18.4. The highest BCUT2D eigenvalue weighted by Crippen LogP contribution is 2.59. The third-order valence-corrected chi connectivity index (χ3v) is 4.27. The average Bonchev–Trinajstić information content (AvgIpc) is 1.98. The largest absolute Gasteiger partial charge is 0.419 e. The summed E-state index contributed by atoms with van der Waals surface area (Å²) in [5.41, 5.74) is 0. The molecular weight excluding hydrogens is 381 g/mol. The minimum absolute atomic E-state index is 0.679. The van der Waals surface area contributed by atoms with Gasteiger partial charge in [0.15, 0.2) is 0 Å². The third kappa shape index (κ3) is 2.63. The van der Waals surface area contributed by atoms with Gasteiger partial charge in [-0.2, -0.15) is 30.7 Å². The van der Waals surface area contributed by atoms with Crippen molar-refractivity contribution in [3.05, 3.63) is 0 Å². The minimum Gasteiger partial charge on any atom is -0.336 e. The molecule has 0 aliphatic heterocycles. The zero-order chi connectivity index (χ0) is 13.4. The fourth-order valence-corrected chi connectivity index (χ4v) is 1.56.